The first-order chi connectivity index (χ1) is 12.2. The number of thiazole rings is 1. The van der Waals surface area contributed by atoms with Crippen LogP contribution in [0.1, 0.15) is 44.2 Å². The van der Waals surface area contributed by atoms with Crippen LogP contribution in [0.5, 0.6) is 0 Å². The molecule has 1 aromatic heterocycles. The molecule has 2 aromatic rings. The molecule has 1 N–H and O–H groups in total. The zero-order chi connectivity index (χ0) is 17.3. The average Bonchev–Trinajstić information content (AvgIpc) is 3.08. The maximum atomic E-state index is 12.9. The summed E-state index contributed by atoms with van der Waals surface area (Å²) in [7, 11) is 0. The number of hydrogen-bond donors (Lipinski definition) is 1. The molecule has 130 valence electrons. The van der Waals surface area contributed by atoms with Crippen molar-refractivity contribution in [3.8, 4) is 10.6 Å². The fourth-order valence-electron chi connectivity index (χ4n) is 3.75. The van der Waals surface area contributed by atoms with Crippen molar-refractivity contribution in [2.45, 2.75) is 50.6 Å². The van der Waals surface area contributed by atoms with Crippen LogP contribution in [0, 0.1) is 0 Å². The van der Waals surface area contributed by atoms with Crippen LogP contribution >= 0.6 is 11.3 Å². The molecule has 6 heteroatoms. The number of carbonyl (C=O) groups is 2. The fraction of sp³-hybridized carbons (Fsp3) is 0.421. The minimum Gasteiger partial charge on any atom is -0.323 e. The highest BCUT2D eigenvalue weighted by Gasteiger charge is 2.50. The van der Waals surface area contributed by atoms with Crippen LogP contribution in [0.15, 0.2) is 35.7 Å². The van der Waals surface area contributed by atoms with E-state index in [1.807, 2.05) is 35.7 Å². The molecule has 1 aromatic carbocycles. The molecule has 1 saturated heterocycles. The van der Waals surface area contributed by atoms with Crippen LogP contribution in [0.2, 0.25) is 0 Å². The monoisotopic (exact) mass is 355 g/mol. The molecule has 1 aliphatic carbocycles. The molecule has 2 fully saturated rings. The fourth-order valence-corrected chi connectivity index (χ4v) is 4.56. The number of imide groups is 1. The standard InChI is InChI=1S/C19H21N3O2S/c23-17-19(10-6-1-2-7-11-19)21-18(24)22(17)12-15-13-25-16(20-15)14-8-4-3-5-9-14/h3-5,8-9,13H,1-2,6-7,10-12H2,(H,21,24). The smallest absolute Gasteiger partial charge is 0.323 e. The second-order valence-electron chi connectivity index (χ2n) is 6.83. The topological polar surface area (TPSA) is 62.3 Å². The van der Waals surface area contributed by atoms with Crippen LogP contribution in [0.25, 0.3) is 10.6 Å². The Bertz CT molecular complexity index is 779. The van der Waals surface area contributed by atoms with Gasteiger partial charge in [0.2, 0.25) is 0 Å². The minimum atomic E-state index is -0.675. The molecular formula is C19H21N3O2S. The first-order valence-corrected chi connectivity index (χ1v) is 9.70. The lowest BCUT2D eigenvalue weighted by Crippen LogP contribution is -2.46. The molecule has 0 unspecified atom stereocenters. The molecule has 0 radical (unpaired) electrons. The van der Waals surface area contributed by atoms with Gasteiger partial charge in [-0.1, -0.05) is 56.0 Å². The Hall–Kier alpha value is -2.21. The Morgan fingerprint density at radius 3 is 2.52 bits per heavy atom. The number of carbonyl (C=O) groups excluding carboxylic acids is 2. The largest absolute Gasteiger partial charge is 0.325 e. The Labute approximate surface area is 151 Å². The highest BCUT2D eigenvalue weighted by atomic mass is 32.1. The summed E-state index contributed by atoms with van der Waals surface area (Å²) in [5, 5.41) is 5.82. The third-order valence-corrected chi connectivity index (χ3v) is 6.04. The molecule has 25 heavy (non-hydrogen) atoms. The SMILES string of the molecule is O=C1NC2(CCCCCC2)C(=O)N1Cc1csc(-c2ccccc2)n1. The highest BCUT2D eigenvalue weighted by molar-refractivity contribution is 7.13. The van der Waals surface area contributed by atoms with Gasteiger partial charge in [0.25, 0.3) is 5.91 Å². The van der Waals surface area contributed by atoms with Gasteiger partial charge in [0, 0.05) is 10.9 Å². The Kier molecular flexibility index (Phi) is 4.29. The van der Waals surface area contributed by atoms with E-state index in [1.54, 1.807) is 0 Å². The van der Waals surface area contributed by atoms with Crippen molar-refractivity contribution in [1.29, 1.82) is 0 Å². The van der Waals surface area contributed by atoms with Gasteiger partial charge in [-0.25, -0.2) is 9.78 Å². The van der Waals surface area contributed by atoms with Crippen LogP contribution in [0.3, 0.4) is 0 Å². The van der Waals surface area contributed by atoms with Crippen LogP contribution in [-0.2, 0) is 11.3 Å². The van der Waals surface area contributed by atoms with Gasteiger partial charge < -0.3 is 5.32 Å². The molecule has 5 nitrogen and oxygen atoms in total. The quantitative estimate of drug-likeness (QED) is 0.848. The summed E-state index contributed by atoms with van der Waals surface area (Å²) in [6, 6.07) is 9.67. The van der Waals surface area contributed by atoms with Crippen LogP contribution < -0.4 is 5.32 Å². The number of hydrogen-bond acceptors (Lipinski definition) is 4. The summed E-state index contributed by atoms with van der Waals surface area (Å²) in [5.41, 5.74) is 1.14. The van der Waals surface area contributed by atoms with E-state index in [0.29, 0.717) is 0 Å². The third-order valence-electron chi connectivity index (χ3n) is 5.10. The zero-order valence-corrected chi connectivity index (χ0v) is 14.8. The second kappa shape index (κ2) is 6.59. The van der Waals surface area contributed by atoms with Crippen LogP contribution in [0.4, 0.5) is 4.79 Å². The van der Waals surface area contributed by atoms with Crippen molar-refractivity contribution in [3.05, 3.63) is 41.4 Å². The predicted octanol–water partition coefficient (Wildman–Crippen LogP) is 3.95. The number of rotatable bonds is 3. The molecule has 3 amide bonds. The van der Waals surface area contributed by atoms with E-state index in [4.69, 9.17) is 0 Å². The van der Waals surface area contributed by atoms with Gasteiger partial charge in [0.05, 0.1) is 12.2 Å². The average molecular weight is 355 g/mol. The molecule has 1 saturated carbocycles. The Balaban J connectivity index is 1.52. The summed E-state index contributed by atoms with van der Waals surface area (Å²) < 4.78 is 0. The molecule has 2 aliphatic rings. The van der Waals surface area contributed by atoms with Gasteiger partial charge in [0.1, 0.15) is 10.5 Å². The van der Waals surface area contributed by atoms with Crippen molar-refractivity contribution >= 4 is 23.3 Å². The van der Waals surface area contributed by atoms with E-state index in [0.717, 1.165) is 54.8 Å². The lowest BCUT2D eigenvalue weighted by Gasteiger charge is -2.24. The van der Waals surface area contributed by atoms with Crippen molar-refractivity contribution < 1.29 is 9.59 Å². The highest BCUT2D eigenvalue weighted by Crippen LogP contribution is 2.33. The van der Waals surface area contributed by atoms with E-state index in [2.05, 4.69) is 10.3 Å². The summed E-state index contributed by atoms with van der Waals surface area (Å²) in [6.07, 6.45) is 5.76. The van der Waals surface area contributed by atoms with Gasteiger partial charge >= 0.3 is 6.03 Å². The van der Waals surface area contributed by atoms with Gasteiger partial charge in [-0.2, -0.15) is 0 Å². The number of amides is 3. The van der Waals surface area contributed by atoms with Gasteiger partial charge in [-0.05, 0) is 12.8 Å². The minimum absolute atomic E-state index is 0.0753. The molecule has 4 rings (SSSR count). The number of aromatic nitrogens is 1. The number of nitrogens with zero attached hydrogens (tertiary/aromatic N) is 2. The normalized spacial score (nSPS) is 19.9. The first kappa shape index (κ1) is 16.3. The van der Waals surface area contributed by atoms with Gasteiger partial charge in [0.15, 0.2) is 0 Å². The summed E-state index contributed by atoms with van der Waals surface area (Å²) in [6.45, 7) is 0.246. The number of benzene rings is 1. The molecule has 1 aliphatic heterocycles. The Morgan fingerprint density at radius 2 is 1.80 bits per heavy atom. The third kappa shape index (κ3) is 3.06. The van der Waals surface area contributed by atoms with E-state index >= 15 is 0 Å². The molecule has 0 bridgehead atoms. The molecular weight excluding hydrogens is 334 g/mol. The zero-order valence-electron chi connectivity index (χ0n) is 14.0. The number of nitrogens with one attached hydrogen (secondary N) is 1. The van der Waals surface area contributed by atoms with Gasteiger partial charge in [-0.15, -0.1) is 11.3 Å². The number of urea groups is 1. The Morgan fingerprint density at radius 1 is 1.08 bits per heavy atom. The van der Waals surface area contributed by atoms with Crippen molar-refractivity contribution in [3.63, 3.8) is 0 Å². The van der Waals surface area contributed by atoms with E-state index in [9.17, 15) is 9.59 Å². The van der Waals surface area contributed by atoms with E-state index in [1.165, 1.54) is 16.2 Å². The maximum absolute atomic E-state index is 12.9. The maximum Gasteiger partial charge on any atom is 0.325 e. The molecule has 2 heterocycles. The molecule has 1 spiro atoms. The van der Waals surface area contributed by atoms with Gasteiger partial charge in [-0.3, -0.25) is 9.69 Å². The predicted molar refractivity (Wildman–Crippen MR) is 97.1 cm³/mol. The van der Waals surface area contributed by atoms with Crippen molar-refractivity contribution in [1.82, 2.24) is 15.2 Å². The van der Waals surface area contributed by atoms with E-state index < -0.39 is 5.54 Å². The van der Waals surface area contributed by atoms with Crippen molar-refractivity contribution in [2.75, 3.05) is 0 Å². The summed E-state index contributed by atoms with van der Waals surface area (Å²) >= 11 is 1.54. The van der Waals surface area contributed by atoms with E-state index in [-0.39, 0.29) is 18.5 Å². The molecule has 0 atom stereocenters. The van der Waals surface area contributed by atoms with Crippen LogP contribution in [-0.4, -0.2) is 27.4 Å². The lowest BCUT2D eigenvalue weighted by atomic mass is 9.90. The lowest BCUT2D eigenvalue weighted by molar-refractivity contribution is -0.132. The first-order valence-electron chi connectivity index (χ1n) is 8.82. The summed E-state index contributed by atoms with van der Waals surface area (Å²) in [4.78, 5) is 31.3. The second-order valence-corrected chi connectivity index (χ2v) is 7.69. The van der Waals surface area contributed by atoms with Crippen molar-refractivity contribution in [2.24, 2.45) is 0 Å². The summed E-state index contributed by atoms with van der Waals surface area (Å²) in [5.74, 6) is -0.0753.